The third-order valence-electron chi connectivity index (χ3n) is 2.26. The molecule has 1 aromatic carbocycles. The van der Waals surface area contributed by atoms with Crippen LogP contribution in [0.1, 0.15) is 22.8 Å². The molecule has 0 N–H and O–H groups in total. The molecule has 0 radical (unpaired) electrons. The molecule has 1 rings (SSSR count). The van der Waals surface area contributed by atoms with E-state index in [1.807, 2.05) is 0 Å². The minimum atomic E-state index is -0.665. The highest BCUT2D eigenvalue weighted by Gasteiger charge is 2.10. The summed E-state index contributed by atoms with van der Waals surface area (Å²) in [5.41, 5.74) is 0.930. The second-order valence-corrected chi connectivity index (χ2v) is 3.50. The summed E-state index contributed by atoms with van der Waals surface area (Å²) >= 11 is 0. The highest BCUT2D eigenvalue weighted by Crippen LogP contribution is 2.10. The van der Waals surface area contributed by atoms with Crippen LogP contribution in [0.5, 0.6) is 0 Å². The van der Waals surface area contributed by atoms with Gasteiger partial charge in [-0.3, -0.25) is 0 Å². The van der Waals surface area contributed by atoms with E-state index in [9.17, 15) is 9.59 Å². The van der Waals surface area contributed by atoms with Crippen molar-refractivity contribution in [2.75, 3.05) is 13.7 Å². The molecular formula is C14H13NO4. The SMILES string of the molecule is CCOC(=O)C(C#N)=Cc1ccc(C(=O)OC)cc1. The summed E-state index contributed by atoms with van der Waals surface area (Å²) in [4.78, 5) is 22.6. The van der Waals surface area contributed by atoms with Crippen molar-refractivity contribution in [3.05, 3.63) is 41.0 Å². The molecule has 19 heavy (non-hydrogen) atoms. The summed E-state index contributed by atoms with van der Waals surface area (Å²) in [6.07, 6.45) is 1.40. The lowest BCUT2D eigenvalue weighted by atomic mass is 10.1. The van der Waals surface area contributed by atoms with Gasteiger partial charge in [0, 0.05) is 0 Å². The first kappa shape index (κ1) is 14.5. The summed E-state index contributed by atoms with van der Waals surface area (Å²) in [7, 11) is 1.30. The Morgan fingerprint density at radius 2 is 1.95 bits per heavy atom. The number of esters is 2. The third-order valence-corrected chi connectivity index (χ3v) is 2.26. The number of carbonyl (C=O) groups is 2. The van der Waals surface area contributed by atoms with Crippen molar-refractivity contribution >= 4 is 18.0 Å². The number of hydrogen-bond acceptors (Lipinski definition) is 5. The van der Waals surface area contributed by atoms with Gasteiger partial charge in [0.1, 0.15) is 11.6 Å². The van der Waals surface area contributed by atoms with Gasteiger partial charge in [-0.15, -0.1) is 0 Å². The van der Waals surface area contributed by atoms with Gasteiger partial charge in [0.25, 0.3) is 0 Å². The van der Waals surface area contributed by atoms with Crippen LogP contribution < -0.4 is 0 Å². The zero-order valence-corrected chi connectivity index (χ0v) is 10.7. The van der Waals surface area contributed by atoms with Crippen molar-refractivity contribution in [3.8, 4) is 6.07 Å². The largest absolute Gasteiger partial charge is 0.465 e. The molecule has 1 aromatic rings. The van der Waals surface area contributed by atoms with Crippen LogP contribution in [-0.2, 0) is 14.3 Å². The van der Waals surface area contributed by atoms with Crippen molar-refractivity contribution in [1.29, 1.82) is 5.26 Å². The van der Waals surface area contributed by atoms with E-state index in [-0.39, 0.29) is 12.2 Å². The first-order valence-corrected chi connectivity index (χ1v) is 5.59. The molecular weight excluding hydrogens is 246 g/mol. The molecule has 0 saturated heterocycles. The van der Waals surface area contributed by atoms with Crippen LogP contribution >= 0.6 is 0 Å². The standard InChI is InChI=1S/C14H13NO4/c1-3-19-14(17)12(9-15)8-10-4-6-11(7-5-10)13(16)18-2/h4-8H,3H2,1-2H3. The minimum Gasteiger partial charge on any atom is -0.465 e. The van der Waals surface area contributed by atoms with E-state index in [1.165, 1.54) is 13.2 Å². The fraction of sp³-hybridized carbons (Fsp3) is 0.214. The van der Waals surface area contributed by atoms with Gasteiger partial charge in [0.2, 0.25) is 0 Å². The number of rotatable bonds is 4. The second-order valence-electron chi connectivity index (χ2n) is 3.50. The molecule has 0 atom stereocenters. The molecule has 98 valence electrons. The van der Waals surface area contributed by atoms with E-state index in [1.54, 1.807) is 37.3 Å². The Bertz CT molecular complexity index is 538. The number of hydrogen-bond donors (Lipinski definition) is 0. The molecule has 0 unspecified atom stereocenters. The summed E-state index contributed by atoms with van der Waals surface area (Å²) in [5, 5.41) is 8.87. The Morgan fingerprint density at radius 1 is 1.32 bits per heavy atom. The smallest absolute Gasteiger partial charge is 0.348 e. The highest BCUT2D eigenvalue weighted by molar-refractivity contribution is 5.98. The van der Waals surface area contributed by atoms with Crippen LogP contribution in [0, 0.1) is 11.3 Å². The predicted molar refractivity (Wildman–Crippen MR) is 68.0 cm³/mol. The lowest BCUT2D eigenvalue weighted by molar-refractivity contribution is -0.137. The summed E-state index contributed by atoms with van der Waals surface area (Å²) in [6.45, 7) is 1.87. The quantitative estimate of drug-likeness (QED) is 0.469. The van der Waals surface area contributed by atoms with E-state index >= 15 is 0 Å². The molecule has 0 aliphatic rings. The van der Waals surface area contributed by atoms with Crippen molar-refractivity contribution in [2.45, 2.75) is 6.92 Å². The number of nitriles is 1. The van der Waals surface area contributed by atoms with E-state index in [0.717, 1.165) is 0 Å². The normalized spacial score (nSPS) is 10.5. The van der Waals surface area contributed by atoms with Gasteiger partial charge in [0.15, 0.2) is 0 Å². The summed E-state index contributed by atoms with van der Waals surface area (Å²) < 4.78 is 9.31. The number of methoxy groups -OCH3 is 1. The molecule has 0 amide bonds. The van der Waals surface area contributed by atoms with Crippen LogP contribution in [0.2, 0.25) is 0 Å². The van der Waals surface area contributed by atoms with Crippen LogP contribution in [0.25, 0.3) is 6.08 Å². The Hall–Kier alpha value is -2.61. The average Bonchev–Trinajstić information content (AvgIpc) is 2.44. The minimum absolute atomic E-state index is 0.0901. The molecule has 0 aliphatic heterocycles. The molecule has 0 aliphatic carbocycles. The zero-order chi connectivity index (χ0) is 14.3. The monoisotopic (exact) mass is 259 g/mol. The number of benzene rings is 1. The maximum Gasteiger partial charge on any atom is 0.348 e. The summed E-state index contributed by atoms with van der Waals surface area (Å²) in [6, 6.07) is 8.11. The Balaban J connectivity index is 2.95. The van der Waals surface area contributed by atoms with Crippen LogP contribution in [0.3, 0.4) is 0 Å². The zero-order valence-electron chi connectivity index (χ0n) is 10.7. The maximum atomic E-state index is 11.4. The van der Waals surface area contributed by atoms with Gasteiger partial charge in [-0.25, -0.2) is 9.59 Å². The molecule has 5 nitrogen and oxygen atoms in total. The van der Waals surface area contributed by atoms with Gasteiger partial charge in [-0.1, -0.05) is 12.1 Å². The Kier molecular flexibility index (Phi) is 5.30. The number of ether oxygens (including phenoxy) is 2. The van der Waals surface area contributed by atoms with Crippen molar-refractivity contribution in [1.82, 2.24) is 0 Å². The molecule has 0 aromatic heterocycles. The van der Waals surface area contributed by atoms with E-state index < -0.39 is 11.9 Å². The van der Waals surface area contributed by atoms with Gasteiger partial charge in [-0.05, 0) is 30.7 Å². The molecule has 0 bridgehead atoms. The molecule has 0 heterocycles. The van der Waals surface area contributed by atoms with Crippen LogP contribution in [0.15, 0.2) is 29.8 Å². The van der Waals surface area contributed by atoms with Crippen LogP contribution in [0.4, 0.5) is 0 Å². The highest BCUT2D eigenvalue weighted by atomic mass is 16.5. The molecule has 0 fully saturated rings. The van der Waals surface area contributed by atoms with Crippen molar-refractivity contribution in [3.63, 3.8) is 0 Å². The maximum absolute atomic E-state index is 11.4. The topological polar surface area (TPSA) is 76.4 Å². The average molecular weight is 259 g/mol. The fourth-order valence-electron chi connectivity index (χ4n) is 1.35. The van der Waals surface area contributed by atoms with Crippen molar-refractivity contribution in [2.24, 2.45) is 0 Å². The third kappa shape index (κ3) is 3.96. The van der Waals surface area contributed by atoms with E-state index in [2.05, 4.69) is 4.74 Å². The van der Waals surface area contributed by atoms with E-state index in [0.29, 0.717) is 11.1 Å². The predicted octanol–water partition coefficient (Wildman–Crippen LogP) is 1.94. The Labute approximate surface area is 111 Å². The van der Waals surface area contributed by atoms with Crippen LogP contribution in [-0.4, -0.2) is 25.7 Å². The second kappa shape index (κ2) is 6.97. The molecule has 0 spiro atoms. The van der Waals surface area contributed by atoms with E-state index in [4.69, 9.17) is 10.00 Å². The van der Waals surface area contributed by atoms with Gasteiger partial charge >= 0.3 is 11.9 Å². The van der Waals surface area contributed by atoms with Gasteiger partial charge in [-0.2, -0.15) is 5.26 Å². The molecule has 0 saturated carbocycles. The Morgan fingerprint density at radius 3 is 2.42 bits per heavy atom. The number of nitrogens with zero attached hydrogens (tertiary/aromatic N) is 1. The van der Waals surface area contributed by atoms with Gasteiger partial charge in [0.05, 0.1) is 19.3 Å². The lowest BCUT2D eigenvalue weighted by Gasteiger charge is -2.01. The molecule has 5 heteroatoms. The lowest BCUT2D eigenvalue weighted by Crippen LogP contribution is -2.06. The van der Waals surface area contributed by atoms with Gasteiger partial charge < -0.3 is 9.47 Å². The fourth-order valence-corrected chi connectivity index (χ4v) is 1.35. The van der Waals surface area contributed by atoms with Crippen molar-refractivity contribution < 1.29 is 19.1 Å². The summed E-state index contributed by atoms with van der Waals surface area (Å²) in [5.74, 6) is -1.11. The first-order valence-electron chi connectivity index (χ1n) is 5.59. The number of carbonyl (C=O) groups excluding carboxylic acids is 2. The first-order chi connectivity index (χ1) is 9.12.